The van der Waals surface area contributed by atoms with E-state index in [1.165, 1.54) is 0 Å². The fourth-order valence-corrected chi connectivity index (χ4v) is 2.48. The number of halogens is 1. The van der Waals surface area contributed by atoms with E-state index >= 15 is 0 Å². The quantitative estimate of drug-likeness (QED) is 0.894. The van der Waals surface area contributed by atoms with Crippen LogP contribution < -0.4 is 15.5 Å². The number of nitrogens with one attached hydrogen (secondary N) is 2. The number of anilines is 2. The predicted molar refractivity (Wildman–Crippen MR) is 80.0 cm³/mol. The van der Waals surface area contributed by atoms with Gasteiger partial charge in [-0.3, -0.25) is 4.79 Å². The number of hydrogen-bond acceptors (Lipinski definition) is 3. The molecule has 4 nitrogen and oxygen atoms in total. The summed E-state index contributed by atoms with van der Waals surface area (Å²) in [5.74, 6) is 0.111. The second-order valence-corrected chi connectivity index (χ2v) is 5.52. The zero-order valence-corrected chi connectivity index (χ0v) is 12.1. The Labute approximate surface area is 119 Å². The minimum Gasteiger partial charge on any atom is -0.376 e. The van der Waals surface area contributed by atoms with Crippen LogP contribution in [-0.2, 0) is 4.79 Å². The van der Waals surface area contributed by atoms with Gasteiger partial charge in [0.1, 0.15) is 0 Å². The first-order valence-corrected chi connectivity index (χ1v) is 6.94. The third-order valence-electron chi connectivity index (χ3n) is 3.37. The lowest BCUT2D eigenvalue weighted by Gasteiger charge is -2.24. The fourth-order valence-electron chi connectivity index (χ4n) is 2.31. The van der Waals surface area contributed by atoms with Crippen LogP contribution in [0.5, 0.6) is 0 Å². The van der Waals surface area contributed by atoms with Gasteiger partial charge in [-0.25, -0.2) is 0 Å². The number of nitrogens with zero attached hydrogens (tertiary/aromatic N) is 1. The number of piperidine rings is 1. The Morgan fingerprint density at radius 3 is 2.89 bits per heavy atom. The number of hydrogen-bond donors (Lipinski definition) is 2. The molecule has 2 N–H and O–H groups in total. The molecule has 1 aliphatic rings. The summed E-state index contributed by atoms with van der Waals surface area (Å²) in [4.78, 5) is 14.2. The molecule has 1 aliphatic heterocycles. The molecule has 0 radical (unpaired) electrons. The first-order valence-electron chi connectivity index (χ1n) is 6.56. The normalized spacial score (nSPS) is 19.0. The van der Waals surface area contributed by atoms with Crippen molar-refractivity contribution in [3.05, 3.63) is 23.2 Å². The van der Waals surface area contributed by atoms with E-state index in [-0.39, 0.29) is 11.8 Å². The molecule has 0 bridgehead atoms. The van der Waals surface area contributed by atoms with Crippen molar-refractivity contribution in [1.29, 1.82) is 0 Å². The standard InChI is InChI=1S/C14H20ClN3O/c1-18(2)13-6-5-11(15)8-12(13)17-14(19)10-4-3-7-16-9-10/h5-6,8,10,16H,3-4,7,9H2,1-2H3,(H,17,19). The summed E-state index contributed by atoms with van der Waals surface area (Å²) in [7, 11) is 3.89. The lowest BCUT2D eigenvalue weighted by Crippen LogP contribution is -2.37. The average Bonchev–Trinajstić information content (AvgIpc) is 2.39. The third-order valence-corrected chi connectivity index (χ3v) is 3.60. The van der Waals surface area contributed by atoms with Crippen LogP contribution in [0.1, 0.15) is 12.8 Å². The summed E-state index contributed by atoms with van der Waals surface area (Å²) in [5, 5.41) is 6.88. The molecular weight excluding hydrogens is 262 g/mol. The van der Waals surface area contributed by atoms with Gasteiger partial charge in [-0.05, 0) is 37.6 Å². The first-order chi connectivity index (χ1) is 9.08. The average molecular weight is 282 g/mol. The number of benzene rings is 1. The molecule has 2 rings (SSSR count). The largest absolute Gasteiger partial charge is 0.376 e. The lowest BCUT2D eigenvalue weighted by atomic mass is 9.98. The minimum atomic E-state index is 0.0442. The van der Waals surface area contributed by atoms with Crippen molar-refractivity contribution in [1.82, 2.24) is 5.32 Å². The van der Waals surface area contributed by atoms with E-state index in [9.17, 15) is 4.79 Å². The zero-order chi connectivity index (χ0) is 13.8. The molecule has 1 fully saturated rings. The molecular formula is C14H20ClN3O. The Balaban J connectivity index is 2.13. The second kappa shape index (κ2) is 6.26. The van der Waals surface area contributed by atoms with Crippen LogP contribution in [0, 0.1) is 5.92 Å². The van der Waals surface area contributed by atoms with Crippen LogP contribution in [0.4, 0.5) is 11.4 Å². The highest BCUT2D eigenvalue weighted by Gasteiger charge is 2.21. The highest BCUT2D eigenvalue weighted by atomic mass is 35.5. The second-order valence-electron chi connectivity index (χ2n) is 5.09. The van der Waals surface area contributed by atoms with Gasteiger partial charge in [-0.1, -0.05) is 11.6 Å². The molecule has 1 atom stereocenters. The van der Waals surface area contributed by atoms with Crippen LogP contribution >= 0.6 is 11.6 Å². The van der Waals surface area contributed by atoms with Gasteiger partial charge in [-0.2, -0.15) is 0 Å². The van der Waals surface area contributed by atoms with E-state index in [2.05, 4.69) is 10.6 Å². The van der Waals surface area contributed by atoms with Crippen molar-refractivity contribution in [2.75, 3.05) is 37.4 Å². The first kappa shape index (κ1) is 14.2. The molecule has 1 aromatic rings. The highest BCUT2D eigenvalue weighted by molar-refractivity contribution is 6.31. The molecule has 5 heteroatoms. The van der Waals surface area contributed by atoms with E-state index in [1.54, 1.807) is 6.07 Å². The Kier molecular flexibility index (Phi) is 4.66. The van der Waals surface area contributed by atoms with Crippen molar-refractivity contribution in [2.24, 2.45) is 5.92 Å². The molecule has 104 valence electrons. The van der Waals surface area contributed by atoms with Gasteiger partial charge in [0.05, 0.1) is 17.3 Å². The van der Waals surface area contributed by atoms with Crippen LogP contribution in [0.3, 0.4) is 0 Å². The van der Waals surface area contributed by atoms with Gasteiger partial charge in [0, 0.05) is 25.7 Å². The smallest absolute Gasteiger partial charge is 0.228 e. The Bertz CT molecular complexity index is 456. The number of rotatable bonds is 3. The monoisotopic (exact) mass is 281 g/mol. The van der Waals surface area contributed by atoms with E-state index in [0.29, 0.717) is 5.02 Å². The topological polar surface area (TPSA) is 44.4 Å². The maximum Gasteiger partial charge on any atom is 0.228 e. The lowest BCUT2D eigenvalue weighted by molar-refractivity contribution is -0.120. The molecule has 19 heavy (non-hydrogen) atoms. The summed E-state index contributed by atoms with van der Waals surface area (Å²) < 4.78 is 0. The molecule has 0 aliphatic carbocycles. The van der Waals surface area contributed by atoms with Gasteiger partial charge < -0.3 is 15.5 Å². The van der Waals surface area contributed by atoms with E-state index < -0.39 is 0 Å². The summed E-state index contributed by atoms with van der Waals surface area (Å²) in [6, 6.07) is 5.54. The van der Waals surface area contributed by atoms with Crippen molar-refractivity contribution in [3.8, 4) is 0 Å². The Morgan fingerprint density at radius 2 is 2.26 bits per heavy atom. The molecule has 0 spiro atoms. The zero-order valence-electron chi connectivity index (χ0n) is 11.4. The third kappa shape index (κ3) is 3.61. The Morgan fingerprint density at radius 1 is 1.47 bits per heavy atom. The molecule has 1 amide bonds. The van der Waals surface area contributed by atoms with Crippen molar-refractivity contribution in [3.63, 3.8) is 0 Å². The molecule has 0 aromatic heterocycles. The van der Waals surface area contributed by atoms with Gasteiger partial charge in [0.2, 0.25) is 5.91 Å². The summed E-state index contributed by atoms with van der Waals surface area (Å²) in [5.41, 5.74) is 1.73. The molecule has 1 heterocycles. The minimum absolute atomic E-state index is 0.0442. The van der Waals surface area contributed by atoms with Crippen LogP contribution in [0.25, 0.3) is 0 Å². The van der Waals surface area contributed by atoms with Gasteiger partial charge in [0.15, 0.2) is 0 Å². The van der Waals surface area contributed by atoms with Gasteiger partial charge in [0.25, 0.3) is 0 Å². The SMILES string of the molecule is CN(C)c1ccc(Cl)cc1NC(=O)C1CCCNC1. The van der Waals surface area contributed by atoms with E-state index in [0.717, 1.165) is 37.3 Å². The predicted octanol–water partition coefficient (Wildman–Crippen LogP) is 2.34. The summed E-state index contributed by atoms with van der Waals surface area (Å²) in [6.07, 6.45) is 1.99. The number of amides is 1. The van der Waals surface area contributed by atoms with Crippen LogP contribution in [-0.4, -0.2) is 33.1 Å². The molecule has 1 aromatic carbocycles. The van der Waals surface area contributed by atoms with Crippen LogP contribution in [0.2, 0.25) is 5.02 Å². The Hall–Kier alpha value is -1.26. The highest BCUT2D eigenvalue weighted by Crippen LogP contribution is 2.28. The maximum atomic E-state index is 12.2. The molecule has 1 unspecified atom stereocenters. The number of carbonyl (C=O) groups excluding carboxylic acids is 1. The van der Waals surface area contributed by atoms with Gasteiger partial charge in [-0.15, -0.1) is 0 Å². The maximum absolute atomic E-state index is 12.2. The summed E-state index contributed by atoms with van der Waals surface area (Å²) >= 11 is 6.01. The van der Waals surface area contributed by atoms with E-state index in [1.807, 2.05) is 31.1 Å². The molecule has 0 saturated carbocycles. The van der Waals surface area contributed by atoms with Crippen LogP contribution in [0.15, 0.2) is 18.2 Å². The van der Waals surface area contributed by atoms with Crippen molar-refractivity contribution >= 4 is 28.9 Å². The van der Waals surface area contributed by atoms with Crippen molar-refractivity contribution < 1.29 is 4.79 Å². The van der Waals surface area contributed by atoms with Gasteiger partial charge >= 0.3 is 0 Å². The molecule has 1 saturated heterocycles. The van der Waals surface area contributed by atoms with E-state index in [4.69, 9.17) is 11.6 Å². The van der Waals surface area contributed by atoms with Crippen molar-refractivity contribution in [2.45, 2.75) is 12.8 Å². The number of carbonyl (C=O) groups is 1. The fraction of sp³-hybridized carbons (Fsp3) is 0.500. The summed E-state index contributed by atoms with van der Waals surface area (Å²) in [6.45, 7) is 1.76.